The number of amides is 1. The molecule has 0 aliphatic rings. The Morgan fingerprint density at radius 1 is 1.25 bits per heavy atom. The van der Waals surface area contributed by atoms with E-state index in [4.69, 9.17) is 4.74 Å². The van der Waals surface area contributed by atoms with Gasteiger partial charge in [0.05, 0.1) is 28.0 Å². The van der Waals surface area contributed by atoms with Gasteiger partial charge in [-0.1, -0.05) is 18.9 Å². The summed E-state index contributed by atoms with van der Waals surface area (Å²) in [7, 11) is 1.55. The quantitative estimate of drug-likeness (QED) is 0.420. The van der Waals surface area contributed by atoms with Crippen LogP contribution >= 0.6 is 11.3 Å². The predicted molar refractivity (Wildman–Crippen MR) is 112 cm³/mol. The van der Waals surface area contributed by atoms with Gasteiger partial charge in [0.1, 0.15) is 0 Å². The van der Waals surface area contributed by atoms with Crippen LogP contribution in [0.1, 0.15) is 36.5 Å². The number of benzene rings is 2. The van der Waals surface area contributed by atoms with Crippen molar-refractivity contribution in [2.24, 2.45) is 0 Å². The summed E-state index contributed by atoms with van der Waals surface area (Å²) in [5, 5.41) is 0. The van der Waals surface area contributed by atoms with Gasteiger partial charge in [-0.15, -0.1) is 17.3 Å². The Morgan fingerprint density at radius 3 is 2.89 bits per heavy atom. The molecule has 0 N–H and O–H groups in total. The number of carbonyl (C=O) groups excluding carboxylic acids is 1. The van der Waals surface area contributed by atoms with Gasteiger partial charge in [-0.25, -0.2) is 9.37 Å². The fourth-order valence-electron chi connectivity index (χ4n) is 2.67. The van der Waals surface area contributed by atoms with E-state index in [0.29, 0.717) is 18.6 Å². The third-order valence-electron chi connectivity index (χ3n) is 4.17. The zero-order valence-electron chi connectivity index (χ0n) is 15.9. The van der Waals surface area contributed by atoms with Gasteiger partial charge in [0, 0.05) is 25.5 Å². The van der Waals surface area contributed by atoms with Crippen LogP contribution in [0.15, 0.2) is 41.9 Å². The first-order valence-electron chi connectivity index (χ1n) is 9.10. The summed E-state index contributed by atoms with van der Waals surface area (Å²) >= 11 is 1.46. The highest BCUT2D eigenvalue weighted by atomic mass is 32.1. The molecular formula is C22H21FN2O2S. The van der Waals surface area contributed by atoms with E-state index in [1.54, 1.807) is 49.0 Å². The Morgan fingerprint density at radius 2 is 2.07 bits per heavy atom. The maximum atomic E-state index is 14.9. The number of halogens is 1. The number of thiazole rings is 1. The van der Waals surface area contributed by atoms with E-state index < -0.39 is 5.82 Å². The van der Waals surface area contributed by atoms with Gasteiger partial charge in [0.15, 0.2) is 11.6 Å². The van der Waals surface area contributed by atoms with E-state index >= 15 is 0 Å². The Hall–Kier alpha value is -2.91. The SMILES string of the molecule is CCCC#CCCOc1cccc(N(C)C(=O)c2ccc3ncsc3c2)c1F. The standard InChI is InChI=1S/C22H21FN2O2S/c1-3-4-5-6-7-13-27-19-10-8-9-18(21(19)23)25(2)22(26)16-11-12-17-20(14-16)28-15-24-17/h8-12,14-15H,3-4,7,13H2,1-2H3. The maximum Gasteiger partial charge on any atom is 0.258 e. The molecule has 0 saturated heterocycles. The molecule has 0 radical (unpaired) electrons. The monoisotopic (exact) mass is 396 g/mol. The van der Waals surface area contributed by atoms with Gasteiger partial charge in [-0.2, -0.15) is 0 Å². The van der Waals surface area contributed by atoms with Crippen LogP contribution in [0, 0.1) is 17.7 Å². The summed E-state index contributed by atoms with van der Waals surface area (Å²) in [6.07, 6.45) is 2.40. The minimum absolute atomic E-state index is 0.118. The van der Waals surface area contributed by atoms with Crippen LogP contribution in [0.2, 0.25) is 0 Å². The van der Waals surface area contributed by atoms with Crippen LogP contribution in [-0.4, -0.2) is 24.5 Å². The van der Waals surface area contributed by atoms with Crippen molar-refractivity contribution in [2.45, 2.75) is 26.2 Å². The number of carbonyl (C=O) groups is 1. The van der Waals surface area contributed by atoms with Crippen molar-refractivity contribution >= 4 is 33.1 Å². The van der Waals surface area contributed by atoms with E-state index in [0.717, 1.165) is 23.1 Å². The molecule has 0 spiro atoms. The largest absolute Gasteiger partial charge is 0.489 e. The average Bonchev–Trinajstić information content (AvgIpc) is 3.18. The molecule has 0 unspecified atom stereocenters. The third kappa shape index (κ3) is 4.49. The molecule has 0 saturated carbocycles. The number of anilines is 1. The molecule has 1 aromatic heterocycles. The second kappa shape index (κ2) is 9.34. The smallest absolute Gasteiger partial charge is 0.258 e. The fourth-order valence-corrected chi connectivity index (χ4v) is 3.39. The molecule has 1 amide bonds. The summed E-state index contributed by atoms with van der Waals surface area (Å²) in [5.74, 6) is 5.30. The van der Waals surface area contributed by atoms with E-state index in [1.165, 1.54) is 16.2 Å². The van der Waals surface area contributed by atoms with Crippen molar-refractivity contribution in [3.05, 3.63) is 53.3 Å². The van der Waals surface area contributed by atoms with E-state index in [9.17, 15) is 9.18 Å². The summed E-state index contributed by atoms with van der Waals surface area (Å²) in [5.41, 5.74) is 3.23. The summed E-state index contributed by atoms with van der Waals surface area (Å²) < 4.78 is 21.3. The normalized spacial score (nSPS) is 10.4. The molecule has 0 atom stereocenters. The van der Waals surface area contributed by atoms with Crippen molar-refractivity contribution in [3.63, 3.8) is 0 Å². The molecular weight excluding hydrogens is 375 g/mol. The molecule has 4 nitrogen and oxygen atoms in total. The summed E-state index contributed by atoms with van der Waals surface area (Å²) in [4.78, 5) is 18.3. The Balaban J connectivity index is 1.73. The lowest BCUT2D eigenvalue weighted by Crippen LogP contribution is -2.27. The molecule has 0 aliphatic heterocycles. The molecule has 2 aromatic carbocycles. The second-order valence-corrected chi connectivity index (χ2v) is 7.08. The fraction of sp³-hybridized carbons (Fsp3) is 0.273. The number of hydrogen-bond donors (Lipinski definition) is 0. The van der Waals surface area contributed by atoms with Gasteiger partial charge in [-0.3, -0.25) is 4.79 Å². The van der Waals surface area contributed by atoms with Crippen LogP contribution in [-0.2, 0) is 0 Å². The Labute approximate surface area is 168 Å². The van der Waals surface area contributed by atoms with Gasteiger partial charge < -0.3 is 9.64 Å². The minimum Gasteiger partial charge on any atom is -0.489 e. The Kier molecular flexibility index (Phi) is 6.62. The highest BCUT2D eigenvalue weighted by Crippen LogP contribution is 2.28. The van der Waals surface area contributed by atoms with Crippen molar-refractivity contribution in [1.29, 1.82) is 0 Å². The number of aromatic nitrogens is 1. The maximum absolute atomic E-state index is 14.9. The molecule has 1 heterocycles. The van der Waals surface area contributed by atoms with Crippen LogP contribution in [0.4, 0.5) is 10.1 Å². The number of nitrogens with zero attached hydrogens (tertiary/aromatic N) is 2. The van der Waals surface area contributed by atoms with Gasteiger partial charge in [-0.05, 0) is 36.8 Å². The third-order valence-corrected chi connectivity index (χ3v) is 4.96. The highest BCUT2D eigenvalue weighted by Gasteiger charge is 2.19. The van der Waals surface area contributed by atoms with Crippen molar-refractivity contribution in [2.75, 3.05) is 18.6 Å². The number of rotatable bonds is 6. The van der Waals surface area contributed by atoms with Crippen molar-refractivity contribution in [1.82, 2.24) is 4.98 Å². The van der Waals surface area contributed by atoms with Gasteiger partial charge >= 0.3 is 0 Å². The Bertz CT molecular complexity index is 1040. The van der Waals surface area contributed by atoms with Crippen LogP contribution in [0.25, 0.3) is 10.2 Å². The zero-order chi connectivity index (χ0) is 19.9. The number of unbranched alkanes of at least 4 members (excludes halogenated alkanes) is 1. The lowest BCUT2D eigenvalue weighted by Gasteiger charge is -2.19. The highest BCUT2D eigenvalue weighted by molar-refractivity contribution is 7.16. The van der Waals surface area contributed by atoms with E-state index in [2.05, 4.69) is 23.7 Å². The number of fused-ring (bicyclic) bond motifs is 1. The van der Waals surface area contributed by atoms with E-state index in [-0.39, 0.29) is 17.3 Å². The zero-order valence-corrected chi connectivity index (χ0v) is 16.7. The first-order chi connectivity index (χ1) is 13.6. The average molecular weight is 396 g/mol. The topological polar surface area (TPSA) is 42.4 Å². The molecule has 6 heteroatoms. The lowest BCUT2D eigenvalue weighted by molar-refractivity contribution is 0.0992. The number of hydrogen-bond acceptors (Lipinski definition) is 4. The van der Waals surface area contributed by atoms with Gasteiger partial charge in [0.2, 0.25) is 0 Å². The summed E-state index contributed by atoms with van der Waals surface area (Å²) in [6, 6.07) is 10.1. The molecule has 0 bridgehead atoms. The second-order valence-electron chi connectivity index (χ2n) is 6.19. The summed E-state index contributed by atoms with van der Waals surface area (Å²) in [6.45, 7) is 2.37. The van der Waals surface area contributed by atoms with Gasteiger partial charge in [0.25, 0.3) is 5.91 Å². The van der Waals surface area contributed by atoms with Crippen molar-refractivity contribution < 1.29 is 13.9 Å². The molecule has 28 heavy (non-hydrogen) atoms. The van der Waals surface area contributed by atoms with Crippen molar-refractivity contribution in [3.8, 4) is 17.6 Å². The first kappa shape index (κ1) is 19.8. The molecule has 0 fully saturated rings. The molecule has 144 valence electrons. The van der Waals surface area contributed by atoms with Crippen LogP contribution < -0.4 is 9.64 Å². The number of ether oxygens (including phenoxy) is 1. The minimum atomic E-state index is -0.557. The molecule has 0 aliphatic carbocycles. The van der Waals surface area contributed by atoms with E-state index in [1.807, 2.05) is 0 Å². The van der Waals surface area contributed by atoms with Crippen LogP contribution in [0.3, 0.4) is 0 Å². The molecule has 3 aromatic rings. The lowest BCUT2D eigenvalue weighted by atomic mass is 10.1. The molecule has 3 rings (SSSR count). The van der Waals surface area contributed by atoms with Crippen LogP contribution in [0.5, 0.6) is 5.75 Å². The first-order valence-corrected chi connectivity index (χ1v) is 9.98. The predicted octanol–water partition coefficient (Wildman–Crippen LogP) is 5.28.